The first kappa shape index (κ1) is 24.0. The van der Waals surface area contributed by atoms with Crippen molar-refractivity contribution in [2.45, 2.75) is 25.0 Å². The summed E-state index contributed by atoms with van der Waals surface area (Å²) in [7, 11) is 1.60. The van der Waals surface area contributed by atoms with Crippen LogP contribution >= 0.6 is 0 Å². The second-order valence-corrected chi connectivity index (χ2v) is 9.74. The Morgan fingerprint density at radius 2 is 1.82 bits per heavy atom. The number of hydrogen-bond acceptors (Lipinski definition) is 4. The Morgan fingerprint density at radius 3 is 2.66 bits per heavy atom. The zero-order valence-corrected chi connectivity index (χ0v) is 21.2. The summed E-state index contributed by atoms with van der Waals surface area (Å²) < 4.78 is 24.8. The van der Waals surface area contributed by atoms with Gasteiger partial charge in [-0.2, -0.15) is 0 Å². The highest BCUT2D eigenvalue weighted by Crippen LogP contribution is 2.49. The number of benzene rings is 4. The Balaban J connectivity index is 1.14. The van der Waals surface area contributed by atoms with E-state index in [9.17, 15) is 4.39 Å². The van der Waals surface area contributed by atoms with Crippen molar-refractivity contribution in [1.82, 2.24) is 0 Å². The van der Waals surface area contributed by atoms with Crippen LogP contribution in [0.25, 0.3) is 0 Å². The summed E-state index contributed by atoms with van der Waals surface area (Å²) in [5, 5.41) is 3.78. The summed E-state index contributed by atoms with van der Waals surface area (Å²) in [6, 6.07) is 29.4. The Kier molecular flexibility index (Phi) is 6.65. The number of nitrogens with zero attached hydrogens (tertiary/aromatic N) is 1. The van der Waals surface area contributed by atoms with E-state index in [-0.39, 0.29) is 18.5 Å². The Labute approximate surface area is 222 Å². The lowest BCUT2D eigenvalue weighted by Gasteiger charge is -2.37. The summed E-state index contributed by atoms with van der Waals surface area (Å²) in [6.07, 6.45) is 7.58. The molecule has 5 heteroatoms. The van der Waals surface area contributed by atoms with E-state index in [1.165, 1.54) is 28.9 Å². The standard InChI is InChI=1S/C33H29FN2O2/c1-37-32-19-22(12-17-31(32)38-21-23-6-4-7-25(34)18-23)20-35-26-15-13-24(14-16-26)33-29-10-5-9-27(29)28-8-2-3-11-30(28)36-33/h2-9,11-20,27,29,33,36H,10,21H2,1H3/t27-,29+,33+/m1/s1. The van der Waals surface area contributed by atoms with Gasteiger partial charge in [-0.1, -0.05) is 54.6 Å². The van der Waals surface area contributed by atoms with E-state index < -0.39 is 0 Å². The fourth-order valence-corrected chi connectivity index (χ4v) is 5.46. The molecule has 38 heavy (non-hydrogen) atoms. The maximum absolute atomic E-state index is 13.4. The molecule has 4 aromatic rings. The van der Waals surface area contributed by atoms with Crippen LogP contribution in [-0.2, 0) is 6.61 Å². The molecule has 3 atom stereocenters. The molecule has 0 unspecified atom stereocenters. The number of allylic oxidation sites excluding steroid dienone is 2. The van der Waals surface area contributed by atoms with Gasteiger partial charge in [-0.05, 0) is 83.1 Å². The molecule has 2 aliphatic rings. The van der Waals surface area contributed by atoms with Gasteiger partial charge in [-0.25, -0.2) is 4.39 Å². The predicted molar refractivity (Wildman–Crippen MR) is 150 cm³/mol. The number of halogens is 1. The van der Waals surface area contributed by atoms with Crippen LogP contribution in [0.2, 0.25) is 0 Å². The van der Waals surface area contributed by atoms with Crippen molar-refractivity contribution in [3.8, 4) is 11.5 Å². The number of rotatable bonds is 7. The first-order chi connectivity index (χ1) is 18.7. The van der Waals surface area contributed by atoms with Crippen LogP contribution in [0.1, 0.15) is 40.6 Å². The summed E-state index contributed by atoms with van der Waals surface area (Å²) in [6.45, 7) is 0.257. The quantitative estimate of drug-likeness (QED) is 0.205. The Hall–Kier alpha value is -4.38. The van der Waals surface area contributed by atoms with Crippen molar-refractivity contribution in [3.05, 3.63) is 131 Å². The molecule has 0 fully saturated rings. The molecule has 1 aliphatic carbocycles. The predicted octanol–water partition coefficient (Wildman–Crippen LogP) is 7.99. The molecule has 0 amide bonds. The van der Waals surface area contributed by atoms with E-state index >= 15 is 0 Å². The minimum absolute atomic E-state index is 0.257. The maximum Gasteiger partial charge on any atom is 0.161 e. The normalized spacial score (nSPS) is 19.6. The molecule has 4 nitrogen and oxygen atoms in total. The van der Waals surface area contributed by atoms with Crippen molar-refractivity contribution >= 4 is 17.6 Å². The second-order valence-electron chi connectivity index (χ2n) is 9.74. The molecule has 0 saturated heterocycles. The van der Waals surface area contributed by atoms with E-state index in [1.54, 1.807) is 13.2 Å². The topological polar surface area (TPSA) is 42.8 Å². The number of para-hydroxylation sites is 1. The van der Waals surface area contributed by atoms with Gasteiger partial charge in [-0.15, -0.1) is 0 Å². The average molecular weight is 505 g/mol. The number of hydrogen-bond donors (Lipinski definition) is 1. The van der Waals surface area contributed by atoms with E-state index in [0.717, 1.165) is 23.2 Å². The molecule has 0 aromatic heterocycles. The van der Waals surface area contributed by atoms with Crippen LogP contribution in [-0.4, -0.2) is 13.3 Å². The van der Waals surface area contributed by atoms with Crippen molar-refractivity contribution < 1.29 is 13.9 Å². The summed E-state index contributed by atoms with van der Waals surface area (Å²) in [5.41, 5.74) is 6.44. The Morgan fingerprint density at radius 1 is 0.947 bits per heavy atom. The molecular weight excluding hydrogens is 475 g/mol. The third-order valence-electron chi connectivity index (χ3n) is 7.36. The first-order valence-electron chi connectivity index (χ1n) is 12.9. The second kappa shape index (κ2) is 10.5. The zero-order chi connectivity index (χ0) is 25.9. The van der Waals surface area contributed by atoms with Gasteiger partial charge < -0.3 is 14.8 Å². The molecule has 4 aromatic carbocycles. The zero-order valence-electron chi connectivity index (χ0n) is 21.2. The van der Waals surface area contributed by atoms with Crippen molar-refractivity contribution in [2.24, 2.45) is 10.9 Å². The van der Waals surface area contributed by atoms with E-state index in [2.05, 4.69) is 71.0 Å². The van der Waals surface area contributed by atoms with E-state index in [4.69, 9.17) is 9.47 Å². The highest BCUT2D eigenvalue weighted by atomic mass is 19.1. The molecule has 0 bridgehead atoms. The highest BCUT2D eigenvalue weighted by Gasteiger charge is 2.37. The first-order valence-corrected chi connectivity index (χ1v) is 12.9. The van der Waals surface area contributed by atoms with Gasteiger partial charge in [-0.3, -0.25) is 4.99 Å². The lowest BCUT2D eigenvalue weighted by Crippen LogP contribution is -2.28. The Bertz CT molecular complexity index is 1500. The molecule has 1 N–H and O–H groups in total. The molecular formula is C33H29FN2O2. The van der Waals surface area contributed by atoms with Crippen LogP contribution < -0.4 is 14.8 Å². The van der Waals surface area contributed by atoms with Crippen molar-refractivity contribution in [1.29, 1.82) is 0 Å². The number of aliphatic imine (C=N–C) groups is 1. The van der Waals surface area contributed by atoms with Gasteiger partial charge in [0.05, 0.1) is 18.8 Å². The summed E-state index contributed by atoms with van der Waals surface area (Å²) in [5.74, 6) is 1.90. The van der Waals surface area contributed by atoms with E-state index in [0.29, 0.717) is 23.3 Å². The van der Waals surface area contributed by atoms with Crippen LogP contribution in [0.3, 0.4) is 0 Å². The minimum atomic E-state index is -0.280. The molecule has 1 aliphatic heterocycles. The van der Waals surface area contributed by atoms with E-state index in [1.807, 2.05) is 30.5 Å². The van der Waals surface area contributed by atoms with Crippen LogP contribution in [0.4, 0.5) is 15.8 Å². The van der Waals surface area contributed by atoms with Crippen LogP contribution in [0.15, 0.2) is 108 Å². The van der Waals surface area contributed by atoms with Gasteiger partial charge in [0.15, 0.2) is 11.5 Å². The van der Waals surface area contributed by atoms with Gasteiger partial charge in [0.1, 0.15) is 12.4 Å². The van der Waals surface area contributed by atoms with Gasteiger partial charge in [0.2, 0.25) is 0 Å². The number of anilines is 1. The summed E-state index contributed by atoms with van der Waals surface area (Å²) >= 11 is 0. The molecule has 0 saturated carbocycles. The molecule has 6 rings (SSSR count). The van der Waals surface area contributed by atoms with Gasteiger partial charge in [0.25, 0.3) is 0 Å². The monoisotopic (exact) mass is 504 g/mol. The largest absolute Gasteiger partial charge is 0.493 e. The maximum atomic E-state index is 13.4. The summed E-state index contributed by atoms with van der Waals surface area (Å²) in [4.78, 5) is 4.68. The fourth-order valence-electron chi connectivity index (χ4n) is 5.46. The number of ether oxygens (including phenoxy) is 2. The molecule has 190 valence electrons. The lowest BCUT2D eigenvalue weighted by molar-refractivity contribution is 0.284. The fraction of sp³-hybridized carbons (Fsp3) is 0.182. The molecule has 0 radical (unpaired) electrons. The third kappa shape index (κ3) is 4.92. The van der Waals surface area contributed by atoms with Gasteiger partial charge >= 0.3 is 0 Å². The smallest absolute Gasteiger partial charge is 0.161 e. The molecule has 1 heterocycles. The lowest BCUT2D eigenvalue weighted by atomic mass is 9.77. The molecule has 0 spiro atoms. The van der Waals surface area contributed by atoms with Crippen molar-refractivity contribution in [2.75, 3.05) is 12.4 Å². The minimum Gasteiger partial charge on any atom is -0.493 e. The van der Waals surface area contributed by atoms with Gasteiger partial charge in [0, 0.05) is 17.8 Å². The highest BCUT2D eigenvalue weighted by molar-refractivity contribution is 5.83. The third-order valence-corrected chi connectivity index (χ3v) is 7.36. The van der Waals surface area contributed by atoms with Crippen LogP contribution in [0, 0.1) is 11.7 Å². The SMILES string of the molecule is COc1cc(C=Nc2ccc([C@@H]3Nc4ccccc4[C@H]4C=CC[C@@H]43)cc2)ccc1OCc1cccc(F)c1. The van der Waals surface area contributed by atoms with Crippen molar-refractivity contribution in [3.63, 3.8) is 0 Å². The van der Waals surface area contributed by atoms with Crippen LogP contribution in [0.5, 0.6) is 11.5 Å². The average Bonchev–Trinajstić information content (AvgIpc) is 3.46. The number of nitrogens with one attached hydrogen (secondary N) is 1. The number of fused-ring (bicyclic) bond motifs is 3. The number of methoxy groups -OCH3 is 1.